The zero-order valence-corrected chi connectivity index (χ0v) is 9.79. The number of rotatable bonds is 0. The van der Waals surface area contributed by atoms with Crippen molar-refractivity contribution in [1.82, 2.24) is 0 Å². The van der Waals surface area contributed by atoms with E-state index in [9.17, 15) is 5.11 Å². The maximum Gasteiger partial charge on any atom is 0.0543 e. The van der Waals surface area contributed by atoms with E-state index in [1.165, 1.54) is 19.3 Å². The summed E-state index contributed by atoms with van der Waals surface area (Å²) in [6.07, 6.45) is 6.16. The molecule has 2 fully saturated rings. The maximum absolute atomic E-state index is 9.74. The quantitative estimate of drug-likeness (QED) is 0.630. The minimum absolute atomic E-state index is 0.00685. The maximum atomic E-state index is 9.74. The van der Waals surface area contributed by atoms with Crippen molar-refractivity contribution in [3.05, 3.63) is 0 Å². The third-order valence-corrected chi connectivity index (χ3v) is 5.05. The molecule has 2 aliphatic carbocycles. The second-order valence-electron chi connectivity index (χ2n) is 6.21. The molecular weight excluding hydrogens is 172 g/mol. The van der Waals surface area contributed by atoms with Gasteiger partial charge in [0.25, 0.3) is 0 Å². The summed E-state index contributed by atoms with van der Waals surface area (Å²) in [5, 5.41) is 9.74. The van der Waals surface area contributed by atoms with Gasteiger partial charge >= 0.3 is 0 Å². The molecule has 1 N–H and O–H groups in total. The monoisotopic (exact) mass is 196 g/mol. The SMILES string of the molecule is CC1C2CC(O)CCC2CCC1(C)C. The van der Waals surface area contributed by atoms with Gasteiger partial charge in [-0.05, 0) is 55.3 Å². The van der Waals surface area contributed by atoms with Gasteiger partial charge in [0.2, 0.25) is 0 Å². The second kappa shape index (κ2) is 3.52. The van der Waals surface area contributed by atoms with Gasteiger partial charge in [0, 0.05) is 0 Å². The Kier molecular flexibility index (Phi) is 2.63. The topological polar surface area (TPSA) is 20.2 Å². The van der Waals surface area contributed by atoms with E-state index in [1.807, 2.05) is 0 Å². The average molecular weight is 196 g/mol. The number of aliphatic hydroxyl groups excluding tert-OH is 1. The second-order valence-corrected chi connectivity index (χ2v) is 6.21. The van der Waals surface area contributed by atoms with Crippen molar-refractivity contribution >= 4 is 0 Å². The van der Waals surface area contributed by atoms with E-state index in [0.717, 1.165) is 30.6 Å². The number of aliphatic hydroxyl groups is 1. The van der Waals surface area contributed by atoms with Crippen LogP contribution in [-0.4, -0.2) is 11.2 Å². The fourth-order valence-electron chi connectivity index (χ4n) is 3.58. The average Bonchev–Trinajstić information content (AvgIpc) is 2.13. The van der Waals surface area contributed by atoms with Crippen molar-refractivity contribution in [1.29, 1.82) is 0 Å². The predicted molar refractivity (Wildman–Crippen MR) is 59.0 cm³/mol. The lowest BCUT2D eigenvalue weighted by Gasteiger charge is -2.49. The Balaban J connectivity index is 2.10. The van der Waals surface area contributed by atoms with Crippen LogP contribution in [0.1, 0.15) is 52.9 Å². The van der Waals surface area contributed by atoms with Gasteiger partial charge in [-0.15, -0.1) is 0 Å². The van der Waals surface area contributed by atoms with E-state index < -0.39 is 0 Å². The van der Waals surface area contributed by atoms with Gasteiger partial charge in [0.05, 0.1) is 6.10 Å². The van der Waals surface area contributed by atoms with Crippen molar-refractivity contribution in [2.45, 2.75) is 59.0 Å². The predicted octanol–water partition coefficient (Wildman–Crippen LogP) is 3.22. The van der Waals surface area contributed by atoms with E-state index in [4.69, 9.17) is 0 Å². The summed E-state index contributed by atoms with van der Waals surface area (Å²) in [5.41, 5.74) is 0.498. The molecule has 2 saturated carbocycles. The number of hydrogen-bond donors (Lipinski definition) is 1. The lowest BCUT2D eigenvalue weighted by atomic mass is 9.56. The minimum Gasteiger partial charge on any atom is -0.393 e. The molecule has 4 unspecified atom stereocenters. The summed E-state index contributed by atoms with van der Waals surface area (Å²) in [6, 6.07) is 0. The molecule has 0 amide bonds. The molecule has 0 bridgehead atoms. The molecule has 0 heterocycles. The van der Waals surface area contributed by atoms with Crippen molar-refractivity contribution in [2.75, 3.05) is 0 Å². The van der Waals surface area contributed by atoms with Crippen LogP contribution in [0.5, 0.6) is 0 Å². The first-order chi connectivity index (χ1) is 6.50. The molecule has 0 aromatic rings. The zero-order chi connectivity index (χ0) is 10.3. The van der Waals surface area contributed by atoms with Gasteiger partial charge in [-0.1, -0.05) is 20.8 Å². The van der Waals surface area contributed by atoms with Gasteiger partial charge in [-0.2, -0.15) is 0 Å². The van der Waals surface area contributed by atoms with Crippen LogP contribution in [0.3, 0.4) is 0 Å². The summed E-state index contributed by atoms with van der Waals surface area (Å²) < 4.78 is 0. The first-order valence-corrected chi connectivity index (χ1v) is 6.19. The van der Waals surface area contributed by atoms with E-state index in [0.29, 0.717) is 5.41 Å². The molecule has 1 heteroatoms. The molecule has 2 aliphatic rings. The molecule has 82 valence electrons. The standard InChI is InChI=1S/C13H24O/c1-9-12-8-11(14)5-4-10(12)6-7-13(9,2)3/h9-12,14H,4-8H2,1-3H3. The highest BCUT2D eigenvalue weighted by Gasteiger charge is 2.43. The molecule has 0 saturated heterocycles. The fraction of sp³-hybridized carbons (Fsp3) is 1.00. The van der Waals surface area contributed by atoms with Crippen LogP contribution >= 0.6 is 0 Å². The van der Waals surface area contributed by atoms with Crippen LogP contribution in [0, 0.1) is 23.2 Å². The number of hydrogen-bond acceptors (Lipinski definition) is 1. The molecule has 0 aliphatic heterocycles. The Morgan fingerprint density at radius 1 is 1.14 bits per heavy atom. The van der Waals surface area contributed by atoms with Crippen molar-refractivity contribution in [3.63, 3.8) is 0 Å². The van der Waals surface area contributed by atoms with Crippen molar-refractivity contribution in [3.8, 4) is 0 Å². The molecule has 0 spiro atoms. The Bertz CT molecular complexity index is 209. The van der Waals surface area contributed by atoms with Crippen LogP contribution in [0.4, 0.5) is 0 Å². The minimum atomic E-state index is -0.00685. The lowest BCUT2D eigenvalue weighted by Crippen LogP contribution is -2.42. The Labute approximate surface area is 87.9 Å². The van der Waals surface area contributed by atoms with Crippen LogP contribution < -0.4 is 0 Å². The molecule has 14 heavy (non-hydrogen) atoms. The molecule has 0 aromatic carbocycles. The van der Waals surface area contributed by atoms with Gasteiger partial charge in [0.1, 0.15) is 0 Å². The summed E-state index contributed by atoms with van der Waals surface area (Å²) in [7, 11) is 0. The first kappa shape index (κ1) is 10.5. The Morgan fingerprint density at radius 3 is 2.57 bits per heavy atom. The van der Waals surface area contributed by atoms with Crippen molar-refractivity contribution in [2.24, 2.45) is 23.2 Å². The van der Waals surface area contributed by atoms with Crippen LogP contribution in [0.2, 0.25) is 0 Å². The van der Waals surface area contributed by atoms with Crippen LogP contribution in [0.25, 0.3) is 0 Å². The van der Waals surface area contributed by atoms with Gasteiger partial charge in [0.15, 0.2) is 0 Å². The summed E-state index contributed by atoms with van der Waals surface area (Å²) >= 11 is 0. The molecule has 0 radical (unpaired) electrons. The van der Waals surface area contributed by atoms with E-state index in [1.54, 1.807) is 0 Å². The van der Waals surface area contributed by atoms with Crippen molar-refractivity contribution < 1.29 is 5.11 Å². The highest BCUT2D eigenvalue weighted by molar-refractivity contribution is 4.93. The fourth-order valence-corrected chi connectivity index (χ4v) is 3.58. The van der Waals surface area contributed by atoms with Gasteiger partial charge < -0.3 is 5.11 Å². The zero-order valence-electron chi connectivity index (χ0n) is 9.79. The Hall–Kier alpha value is -0.0400. The number of fused-ring (bicyclic) bond motifs is 1. The summed E-state index contributed by atoms with van der Waals surface area (Å²) in [5.74, 6) is 2.50. The molecule has 1 nitrogen and oxygen atoms in total. The van der Waals surface area contributed by atoms with E-state index >= 15 is 0 Å². The smallest absolute Gasteiger partial charge is 0.0543 e. The molecule has 2 rings (SSSR count). The molecular formula is C13H24O. The highest BCUT2D eigenvalue weighted by atomic mass is 16.3. The van der Waals surface area contributed by atoms with E-state index in [-0.39, 0.29) is 6.10 Å². The first-order valence-electron chi connectivity index (χ1n) is 6.19. The third-order valence-electron chi connectivity index (χ3n) is 5.05. The lowest BCUT2D eigenvalue weighted by molar-refractivity contribution is -0.0282. The summed E-state index contributed by atoms with van der Waals surface area (Å²) in [6.45, 7) is 7.19. The third kappa shape index (κ3) is 1.71. The van der Waals surface area contributed by atoms with E-state index in [2.05, 4.69) is 20.8 Å². The largest absolute Gasteiger partial charge is 0.393 e. The highest BCUT2D eigenvalue weighted by Crippen LogP contribution is 2.51. The van der Waals surface area contributed by atoms with Crippen LogP contribution in [0.15, 0.2) is 0 Å². The van der Waals surface area contributed by atoms with Crippen LogP contribution in [-0.2, 0) is 0 Å². The Morgan fingerprint density at radius 2 is 1.86 bits per heavy atom. The van der Waals surface area contributed by atoms with Gasteiger partial charge in [-0.3, -0.25) is 0 Å². The molecule has 4 atom stereocenters. The van der Waals surface area contributed by atoms with Gasteiger partial charge in [-0.25, -0.2) is 0 Å². The normalized spacial score (nSPS) is 47.1. The summed E-state index contributed by atoms with van der Waals surface area (Å²) in [4.78, 5) is 0. The molecule has 0 aromatic heterocycles.